The Kier molecular flexibility index (Phi) is 4.60. The van der Waals surface area contributed by atoms with Crippen LogP contribution < -0.4 is 0 Å². The quantitative estimate of drug-likeness (QED) is 0.719. The largest absolute Gasteiger partial charge is 0.384 e. The first-order chi connectivity index (χ1) is 9.94. The Bertz CT molecular complexity index is 703. The van der Waals surface area contributed by atoms with Crippen LogP contribution in [0, 0.1) is 11.8 Å². The van der Waals surface area contributed by atoms with Crippen molar-refractivity contribution >= 4 is 15.7 Å². The minimum Gasteiger partial charge on any atom is -0.384 e. The average Bonchev–Trinajstić information content (AvgIpc) is 2.44. The molecule has 1 aromatic rings. The van der Waals surface area contributed by atoms with Gasteiger partial charge in [-0.05, 0) is 13.0 Å². The SMILES string of the molecule is CC1CS(=O)(=O)CCN1C(=O)c1ccncc1C#CCO. The number of sulfone groups is 1. The minimum absolute atomic E-state index is 0.0220. The van der Waals surface area contributed by atoms with Gasteiger partial charge >= 0.3 is 0 Å². The van der Waals surface area contributed by atoms with Crippen molar-refractivity contribution in [3.63, 3.8) is 0 Å². The number of hydrogen-bond acceptors (Lipinski definition) is 5. The highest BCUT2D eigenvalue weighted by Gasteiger charge is 2.32. The summed E-state index contributed by atoms with van der Waals surface area (Å²) in [6.07, 6.45) is 2.95. The maximum absolute atomic E-state index is 12.6. The summed E-state index contributed by atoms with van der Waals surface area (Å²) in [7, 11) is -3.07. The van der Waals surface area contributed by atoms with E-state index in [1.165, 1.54) is 12.4 Å². The average molecular weight is 308 g/mol. The topological polar surface area (TPSA) is 87.6 Å². The Labute approximate surface area is 123 Å². The highest BCUT2D eigenvalue weighted by atomic mass is 32.2. The summed E-state index contributed by atoms with van der Waals surface area (Å²) in [5.74, 6) is 4.86. The second-order valence-electron chi connectivity index (χ2n) is 4.84. The Balaban J connectivity index is 2.29. The van der Waals surface area contributed by atoms with E-state index in [4.69, 9.17) is 5.11 Å². The Morgan fingerprint density at radius 1 is 1.57 bits per heavy atom. The number of hydrogen-bond donors (Lipinski definition) is 1. The van der Waals surface area contributed by atoms with Crippen LogP contribution >= 0.6 is 0 Å². The van der Waals surface area contributed by atoms with Crippen molar-refractivity contribution in [1.82, 2.24) is 9.88 Å². The number of aliphatic hydroxyl groups is 1. The predicted octanol–water partition coefficient (Wildman–Crippen LogP) is -0.316. The van der Waals surface area contributed by atoms with Crippen LogP contribution in [0.1, 0.15) is 22.8 Å². The molecule has 1 amide bonds. The Hall–Kier alpha value is -1.91. The van der Waals surface area contributed by atoms with E-state index in [0.717, 1.165) is 0 Å². The summed E-state index contributed by atoms with van der Waals surface area (Å²) < 4.78 is 23.2. The van der Waals surface area contributed by atoms with E-state index < -0.39 is 9.84 Å². The van der Waals surface area contributed by atoms with Gasteiger partial charge in [-0.3, -0.25) is 9.78 Å². The lowest BCUT2D eigenvalue weighted by Crippen LogP contribution is -2.49. The van der Waals surface area contributed by atoms with Crippen LogP contribution in [0.3, 0.4) is 0 Å². The first-order valence-corrected chi connectivity index (χ1v) is 8.32. The number of amides is 1. The van der Waals surface area contributed by atoms with Crippen molar-refractivity contribution in [3.05, 3.63) is 29.6 Å². The van der Waals surface area contributed by atoms with Gasteiger partial charge in [-0.1, -0.05) is 11.8 Å². The van der Waals surface area contributed by atoms with Crippen LogP contribution in [0.4, 0.5) is 0 Å². The van der Waals surface area contributed by atoms with Gasteiger partial charge in [-0.2, -0.15) is 0 Å². The number of rotatable bonds is 1. The van der Waals surface area contributed by atoms with Gasteiger partial charge in [0.15, 0.2) is 9.84 Å². The van der Waals surface area contributed by atoms with Gasteiger partial charge in [0.2, 0.25) is 0 Å². The fourth-order valence-electron chi connectivity index (χ4n) is 2.27. The maximum atomic E-state index is 12.6. The zero-order chi connectivity index (χ0) is 15.5. The number of nitrogens with zero attached hydrogens (tertiary/aromatic N) is 2. The number of carbonyl (C=O) groups excluding carboxylic acids is 1. The predicted molar refractivity (Wildman–Crippen MR) is 77.4 cm³/mol. The maximum Gasteiger partial charge on any atom is 0.255 e. The van der Waals surface area contributed by atoms with E-state index in [1.807, 2.05) is 0 Å². The molecule has 6 nitrogen and oxygen atoms in total. The van der Waals surface area contributed by atoms with Crippen molar-refractivity contribution in [2.24, 2.45) is 0 Å². The van der Waals surface area contributed by atoms with Crippen LogP contribution in [-0.4, -0.2) is 60.0 Å². The van der Waals surface area contributed by atoms with Crippen LogP contribution in [0.25, 0.3) is 0 Å². The van der Waals surface area contributed by atoms with Gasteiger partial charge in [-0.15, -0.1) is 0 Å². The van der Waals surface area contributed by atoms with Gasteiger partial charge in [0.25, 0.3) is 5.91 Å². The summed E-state index contributed by atoms with van der Waals surface area (Å²) in [4.78, 5) is 18.0. The Morgan fingerprint density at radius 2 is 2.33 bits per heavy atom. The fraction of sp³-hybridized carbons (Fsp3) is 0.429. The third-order valence-electron chi connectivity index (χ3n) is 3.28. The summed E-state index contributed by atoms with van der Waals surface area (Å²) in [5.41, 5.74) is 0.800. The molecule has 1 saturated heterocycles. The number of aliphatic hydroxyl groups excluding tert-OH is 1. The molecule has 0 saturated carbocycles. The van der Waals surface area contributed by atoms with Crippen molar-refractivity contribution in [2.45, 2.75) is 13.0 Å². The van der Waals surface area contributed by atoms with Crippen molar-refractivity contribution in [2.75, 3.05) is 24.7 Å². The molecule has 0 radical (unpaired) electrons. The molecule has 1 aliphatic rings. The van der Waals surface area contributed by atoms with Crippen LogP contribution in [0.5, 0.6) is 0 Å². The first kappa shape index (κ1) is 15.5. The van der Waals surface area contributed by atoms with Gasteiger partial charge in [-0.25, -0.2) is 8.42 Å². The van der Waals surface area contributed by atoms with E-state index in [0.29, 0.717) is 11.1 Å². The van der Waals surface area contributed by atoms with E-state index in [1.54, 1.807) is 17.9 Å². The van der Waals surface area contributed by atoms with Gasteiger partial charge < -0.3 is 10.0 Å². The molecule has 0 bridgehead atoms. The highest BCUT2D eigenvalue weighted by molar-refractivity contribution is 7.91. The summed E-state index contributed by atoms with van der Waals surface area (Å²) in [6.45, 7) is 1.59. The molecule has 2 rings (SSSR count). The molecule has 1 unspecified atom stereocenters. The van der Waals surface area contributed by atoms with Crippen LogP contribution in [-0.2, 0) is 9.84 Å². The monoisotopic (exact) mass is 308 g/mol. The summed E-state index contributed by atoms with van der Waals surface area (Å²) >= 11 is 0. The molecule has 7 heteroatoms. The third-order valence-corrected chi connectivity index (χ3v) is 5.08. The molecule has 0 aromatic carbocycles. The van der Waals surface area contributed by atoms with Gasteiger partial charge in [0.1, 0.15) is 6.61 Å². The molecule has 1 aromatic heterocycles. The molecule has 1 fully saturated rings. The molecule has 0 aliphatic carbocycles. The van der Waals surface area contributed by atoms with Crippen molar-refractivity contribution in [3.8, 4) is 11.8 Å². The third kappa shape index (κ3) is 3.60. The molecule has 0 spiro atoms. The van der Waals surface area contributed by atoms with Crippen molar-refractivity contribution in [1.29, 1.82) is 0 Å². The van der Waals surface area contributed by atoms with E-state index >= 15 is 0 Å². The standard InChI is InChI=1S/C14H16N2O4S/c1-11-10-21(19,20)8-6-16(11)14(18)13-4-5-15-9-12(13)3-2-7-17/h4-5,9,11,17H,6-8,10H2,1H3. The fourth-order valence-corrected chi connectivity index (χ4v) is 3.83. The molecule has 21 heavy (non-hydrogen) atoms. The lowest BCUT2D eigenvalue weighted by Gasteiger charge is -2.33. The second kappa shape index (κ2) is 6.24. The van der Waals surface area contributed by atoms with Crippen LogP contribution in [0.2, 0.25) is 0 Å². The zero-order valence-electron chi connectivity index (χ0n) is 11.6. The van der Waals surface area contributed by atoms with Gasteiger partial charge in [0, 0.05) is 25.0 Å². The number of pyridine rings is 1. The number of aromatic nitrogens is 1. The Morgan fingerprint density at radius 3 is 3.00 bits per heavy atom. The zero-order valence-corrected chi connectivity index (χ0v) is 12.4. The second-order valence-corrected chi connectivity index (χ2v) is 7.07. The molecule has 1 N–H and O–H groups in total. The first-order valence-electron chi connectivity index (χ1n) is 6.50. The van der Waals surface area contributed by atoms with Crippen molar-refractivity contribution < 1.29 is 18.3 Å². The lowest BCUT2D eigenvalue weighted by atomic mass is 10.1. The van der Waals surface area contributed by atoms with E-state index in [9.17, 15) is 13.2 Å². The van der Waals surface area contributed by atoms with Gasteiger partial charge in [0.05, 0.1) is 22.6 Å². The molecule has 1 atom stereocenters. The molecular weight excluding hydrogens is 292 g/mol. The van der Waals surface area contributed by atoms with E-state index in [-0.39, 0.29) is 36.6 Å². The molecular formula is C14H16N2O4S. The van der Waals surface area contributed by atoms with E-state index in [2.05, 4.69) is 16.8 Å². The molecule has 1 aliphatic heterocycles. The smallest absolute Gasteiger partial charge is 0.255 e. The minimum atomic E-state index is -3.07. The lowest BCUT2D eigenvalue weighted by molar-refractivity contribution is 0.0712. The summed E-state index contributed by atoms with van der Waals surface area (Å²) in [5, 5.41) is 8.75. The molecule has 2 heterocycles. The number of carbonyl (C=O) groups is 1. The molecule has 112 valence electrons. The summed E-state index contributed by atoms with van der Waals surface area (Å²) in [6, 6.07) is 1.18. The highest BCUT2D eigenvalue weighted by Crippen LogP contribution is 2.17. The van der Waals surface area contributed by atoms with Crippen LogP contribution in [0.15, 0.2) is 18.5 Å². The normalized spacial score (nSPS) is 20.5.